The van der Waals surface area contributed by atoms with E-state index in [1.54, 1.807) is 6.20 Å². The van der Waals surface area contributed by atoms with Gasteiger partial charge in [-0.2, -0.15) is 0 Å². The molecule has 0 unspecified atom stereocenters. The van der Waals surface area contributed by atoms with Crippen molar-refractivity contribution in [3.8, 4) is 0 Å². The molecule has 1 heterocycles. The SMILES string of the molecule is O=C(NCc1cccc2cccnc12)c1cccc(I)c1. The van der Waals surface area contributed by atoms with E-state index in [1.165, 1.54) is 0 Å². The van der Waals surface area contributed by atoms with Crippen molar-refractivity contribution in [2.75, 3.05) is 0 Å². The summed E-state index contributed by atoms with van der Waals surface area (Å²) in [4.78, 5) is 16.6. The fraction of sp³-hybridized carbons (Fsp3) is 0.0588. The molecular weight excluding hydrogens is 375 g/mol. The van der Waals surface area contributed by atoms with Gasteiger partial charge in [0.2, 0.25) is 0 Å². The zero-order chi connectivity index (χ0) is 14.7. The van der Waals surface area contributed by atoms with Crippen molar-refractivity contribution in [3.63, 3.8) is 0 Å². The molecule has 0 fully saturated rings. The molecule has 21 heavy (non-hydrogen) atoms. The summed E-state index contributed by atoms with van der Waals surface area (Å²) in [5.74, 6) is -0.0681. The lowest BCUT2D eigenvalue weighted by Crippen LogP contribution is -2.23. The Labute approximate surface area is 136 Å². The third-order valence-corrected chi connectivity index (χ3v) is 3.91. The normalized spacial score (nSPS) is 10.5. The zero-order valence-corrected chi connectivity index (χ0v) is 13.4. The van der Waals surface area contributed by atoms with E-state index in [-0.39, 0.29) is 5.91 Å². The van der Waals surface area contributed by atoms with E-state index in [2.05, 4.69) is 32.9 Å². The highest BCUT2D eigenvalue weighted by atomic mass is 127. The summed E-state index contributed by atoms with van der Waals surface area (Å²) in [5, 5.41) is 4.03. The Kier molecular flexibility index (Phi) is 4.15. The van der Waals surface area contributed by atoms with Gasteiger partial charge in [0.25, 0.3) is 5.91 Å². The number of hydrogen-bond acceptors (Lipinski definition) is 2. The van der Waals surface area contributed by atoms with Gasteiger partial charge in [-0.25, -0.2) is 0 Å². The number of carbonyl (C=O) groups excluding carboxylic acids is 1. The van der Waals surface area contributed by atoms with Crippen molar-refractivity contribution in [2.24, 2.45) is 0 Å². The first-order chi connectivity index (χ1) is 10.2. The number of amides is 1. The first-order valence-electron chi connectivity index (χ1n) is 6.60. The molecular formula is C17H13IN2O. The lowest BCUT2D eigenvalue weighted by atomic mass is 10.1. The molecule has 2 aromatic carbocycles. The van der Waals surface area contributed by atoms with Crippen LogP contribution in [0.4, 0.5) is 0 Å². The van der Waals surface area contributed by atoms with Gasteiger partial charge in [0.05, 0.1) is 5.52 Å². The molecule has 1 amide bonds. The van der Waals surface area contributed by atoms with Crippen LogP contribution in [0.15, 0.2) is 60.8 Å². The van der Waals surface area contributed by atoms with Gasteiger partial charge in [-0.15, -0.1) is 0 Å². The number of rotatable bonds is 3. The first kappa shape index (κ1) is 14.0. The van der Waals surface area contributed by atoms with Crippen LogP contribution in [0.25, 0.3) is 10.9 Å². The number of carbonyl (C=O) groups is 1. The molecule has 0 atom stereocenters. The molecule has 0 radical (unpaired) electrons. The highest BCUT2D eigenvalue weighted by molar-refractivity contribution is 14.1. The number of nitrogens with zero attached hydrogens (tertiary/aromatic N) is 1. The van der Waals surface area contributed by atoms with E-state index in [9.17, 15) is 4.79 Å². The van der Waals surface area contributed by atoms with Crippen LogP contribution in [0.3, 0.4) is 0 Å². The van der Waals surface area contributed by atoms with Crippen molar-refractivity contribution >= 4 is 39.4 Å². The van der Waals surface area contributed by atoms with Crippen LogP contribution in [0.2, 0.25) is 0 Å². The van der Waals surface area contributed by atoms with Gasteiger partial charge in [-0.05, 0) is 52.4 Å². The summed E-state index contributed by atoms with van der Waals surface area (Å²) in [7, 11) is 0. The molecule has 4 heteroatoms. The molecule has 3 rings (SSSR count). The standard InChI is InChI=1S/C17H13IN2O/c18-15-8-2-5-13(10-15)17(21)20-11-14-6-1-4-12-7-3-9-19-16(12)14/h1-10H,11H2,(H,20,21). The van der Waals surface area contributed by atoms with Crippen molar-refractivity contribution in [3.05, 3.63) is 75.5 Å². The average molecular weight is 388 g/mol. The fourth-order valence-electron chi connectivity index (χ4n) is 2.22. The van der Waals surface area contributed by atoms with Crippen molar-refractivity contribution in [2.45, 2.75) is 6.54 Å². The Morgan fingerprint density at radius 2 is 1.90 bits per heavy atom. The van der Waals surface area contributed by atoms with Crippen LogP contribution in [0, 0.1) is 3.57 Å². The van der Waals surface area contributed by atoms with Gasteiger partial charge in [-0.1, -0.05) is 30.3 Å². The number of para-hydroxylation sites is 1. The molecule has 0 aliphatic heterocycles. The Morgan fingerprint density at radius 3 is 2.76 bits per heavy atom. The highest BCUT2D eigenvalue weighted by Crippen LogP contribution is 2.16. The minimum Gasteiger partial charge on any atom is -0.348 e. The van der Waals surface area contributed by atoms with Crippen LogP contribution < -0.4 is 5.32 Å². The van der Waals surface area contributed by atoms with E-state index in [0.29, 0.717) is 12.1 Å². The molecule has 0 saturated heterocycles. The number of hydrogen-bond donors (Lipinski definition) is 1. The maximum Gasteiger partial charge on any atom is 0.251 e. The molecule has 0 spiro atoms. The molecule has 3 nitrogen and oxygen atoms in total. The first-order valence-corrected chi connectivity index (χ1v) is 7.68. The molecule has 0 aliphatic rings. The predicted octanol–water partition coefficient (Wildman–Crippen LogP) is 3.77. The monoisotopic (exact) mass is 388 g/mol. The maximum atomic E-state index is 12.2. The molecule has 0 bridgehead atoms. The lowest BCUT2D eigenvalue weighted by Gasteiger charge is -2.08. The van der Waals surface area contributed by atoms with Gasteiger partial charge in [0, 0.05) is 27.3 Å². The van der Waals surface area contributed by atoms with Crippen LogP contribution >= 0.6 is 22.6 Å². The van der Waals surface area contributed by atoms with Crippen molar-refractivity contribution in [1.82, 2.24) is 10.3 Å². The number of halogens is 1. The van der Waals surface area contributed by atoms with Gasteiger partial charge in [0.1, 0.15) is 0 Å². The maximum absolute atomic E-state index is 12.2. The Morgan fingerprint density at radius 1 is 1.10 bits per heavy atom. The van der Waals surface area contributed by atoms with Gasteiger partial charge < -0.3 is 5.32 Å². The number of nitrogens with one attached hydrogen (secondary N) is 1. The average Bonchev–Trinajstić information content (AvgIpc) is 2.52. The number of benzene rings is 2. The molecule has 104 valence electrons. The number of fused-ring (bicyclic) bond motifs is 1. The summed E-state index contributed by atoms with van der Waals surface area (Å²) in [6.45, 7) is 0.471. The summed E-state index contributed by atoms with van der Waals surface area (Å²) in [6, 6.07) is 17.5. The van der Waals surface area contributed by atoms with E-state index >= 15 is 0 Å². The fourth-order valence-corrected chi connectivity index (χ4v) is 2.76. The lowest BCUT2D eigenvalue weighted by molar-refractivity contribution is 0.0951. The summed E-state index contributed by atoms with van der Waals surface area (Å²) in [6.07, 6.45) is 1.77. The molecule has 3 aromatic rings. The third-order valence-electron chi connectivity index (χ3n) is 3.24. The van der Waals surface area contributed by atoms with E-state index in [0.717, 1.165) is 20.0 Å². The molecule has 0 aliphatic carbocycles. The summed E-state index contributed by atoms with van der Waals surface area (Å²) >= 11 is 2.20. The quantitative estimate of drug-likeness (QED) is 0.695. The van der Waals surface area contributed by atoms with Gasteiger partial charge in [0.15, 0.2) is 0 Å². The summed E-state index contributed by atoms with van der Waals surface area (Å²) in [5.41, 5.74) is 2.63. The third kappa shape index (κ3) is 3.21. The Balaban J connectivity index is 1.79. The largest absolute Gasteiger partial charge is 0.348 e. The van der Waals surface area contributed by atoms with E-state index < -0.39 is 0 Å². The topological polar surface area (TPSA) is 42.0 Å². The molecule has 1 aromatic heterocycles. The smallest absolute Gasteiger partial charge is 0.251 e. The molecule has 0 saturated carbocycles. The van der Waals surface area contributed by atoms with Crippen LogP contribution in [0.1, 0.15) is 15.9 Å². The van der Waals surface area contributed by atoms with Crippen LogP contribution in [-0.4, -0.2) is 10.9 Å². The minimum absolute atomic E-state index is 0.0681. The van der Waals surface area contributed by atoms with Crippen molar-refractivity contribution in [1.29, 1.82) is 0 Å². The number of pyridine rings is 1. The summed E-state index contributed by atoms with van der Waals surface area (Å²) < 4.78 is 1.05. The predicted molar refractivity (Wildman–Crippen MR) is 92.1 cm³/mol. The van der Waals surface area contributed by atoms with Crippen LogP contribution in [0.5, 0.6) is 0 Å². The second-order valence-corrected chi connectivity index (χ2v) is 5.93. The van der Waals surface area contributed by atoms with Gasteiger partial charge >= 0.3 is 0 Å². The second kappa shape index (κ2) is 6.22. The second-order valence-electron chi connectivity index (χ2n) is 4.69. The number of aromatic nitrogens is 1. The Bertz CT molecular complexity index is 796. The molecule has 1 N–H and O–H groups in total. The van der Waals surface area contributed by atoms with E-state index in [4.69, 9.17) is 0 Å². The van der Waals surface area contributed by atoms with Crippen LogP contribution in [-0.2, 0) is 6.54 Å². The Hall–Kier alpha value is -1.95. The zero-order valence-electron chi connectivity index (χ0n) is 11.2. The highest BCUT2D eigenvalue weighted by Gasteiger charge is 2.07. The van der Waals surface area contributed by atoms with Gasteiger partial charge in [-0.3, -0.25) is 9.78 Å². The van der Waals surface area contributed by atoms with E-state index in [1.807, 2.05) is 54.6 Å². The minimum atomic E-state index is -0.0681. The van der Waals surface area contributed by atoms with Crippen molar-refractivity contribution < 1.29 is 4.79 Å².